The van der Waals surface area contributed by atoms with Crippen molar-refractivity contribution in [3.63, 3.8) is 0 Å². The number of fused-ring (bicyclic) bond motifs is 1. The minimum absolute atomic E-state index is 0.115. The van der Waals surface area contributed by atoms with Gasteiger partial charge in [0.1, 0.15) is 0 Å². The van der Waals surface area contributed by atoms with Crippen LogP contribution in [0, 0.1) is 6.92 Å². The molecule has 2 aromatic carbocycles. The van der Waals surface area contributed by atoms with Crippen molar-refractivity contribution in [2.75, 3.05) is 21.9 Å². The number of anilines is 2. The van der Waals surface area contributed by atoms with Crippen LogP contribution >= 0.6 is 11.6 Å². The standard InChI is InChI=1S/C25H21ClN4O3S/c1-16-5-6-17(14-21(16)24-20-4-2-10-27-23(20)9-11-28-24)29-25(31)19-8-7-18(15-22(19)26)30-12-3-13-34(30,32)33/h2,4-11,14-15H,3,12-13H2,1H3,(H,29,31). The van der Waals surface area contributed by atoms with Crippen molar-refractivity contribution in [2.24, 2.45) is 0 Å². The van der Waals surface area contributed by atoms with Gasteiger partial charge in [-0.25, -0.2) is 8.42 Å². The predicted octanol–water partition coefficient (Wildman–Crippen LogP) is 5.05. The van der Waals surface area contributed by atoms with Gasteiger partial charge in [-0.15, -0.1) is 0 Å². The minimum atomic E-state index is -3.33. The van der Waals surface area contributed by atoms with Crippen molar-refractivity contribution in [1.29, 1.82) is 0 Å². The maximum Gasteiger partial charge on any atom is 0.257 e. The van der Waals surface area contributed by atoms with Crippen LogP contribution in [0.1, 0.15) is 22.3 Å². The summed E-state index contributed by atoms with van der Waals surface area (Å²) in [7, 11) is -3.33. The van der Waals surface area contributed by atoms with E-state index in [0.29, 0.717) is 24.3 Å². The lowest BCUT2D eigenvalue weighted by Crippen LogP contribution is -2.25. The molecular weight excluding hydrogens is 472 g/mol. The minimum Gasteiger partial charge on any atom is -0.322 e. The Kier molecular flexibility index (Phi) is 5.71. The van der Waals surface area contributed by atoms with Gasteiger partial charge >= 0.3 is 0 Å². The maximum absolute atomic E-state index is 13.0. The number of pyridine rings is 2. The molecule has 5 rings (SSSR count). The molecule has 0 bridgehead atoms. The van der Waals surface area contributed by atoms with E-state index in [4.69, 9.17) is 11.6 Å². The molecule has 0 radical (unpaired) electrons. The molecule has 0 atom stereocenters. The number of sulfonamides is 1. The molecule has 1 saturated heterocycles. The van der Waals surface area contributed by atoms with Gasteiger partial charge in [-0.3, -0.25) is 19.1 Å². The second kappa shape index (κ2) is 8.70. The average molecular weight is 493 g/mol. The highest BCUT2D eigenvalue weighted by Crippen LogP contribution is 2.32. The third-order valence-corrected chi connectivity index (χ3v) is 8.05. The number of nitrogens with zero attached hydrogens (tertiary/aromatic N) is 3. The first kappa shape index (κ1) is 22.3. The topological polar surface area (TPSA) is 92.3 Å². The first-order valence-corrected chi connectivity index (χ1v) is 12.7. The fourth-order valence-electron chi connectivity index (χ4n) is 4.14. The van der Waals surface area contributed by atoms with Crippen molar-refractivity contribution in [3.05, 3.63) is 83.1 Å². The van der Waals surface area contributed by atoms with Crippen molar-refractivity contribution >= 4 is 49.8 Å². The lowest BCUT2D eigenvalue weighted by atomic mass is 10.0. The van der Waals surface area contributed by atoms with Crippen LogP contribution < -0.4 is 9.62 Å². The molecule has 0 spiro atoms. The normalized spacial score (nSPS) is 14.9. The highest BCUT2D eigenvalue weighted by molar-refractivity contribution is 7.93. The molecule has 1 N–H and O–H groups in total. The van der Waals surface area contributed by atoms with Gasteiger partial charge < -0.3 is 5.32 Å². The van der Waals surface area contributed by atoms with Crippen LogP contribution in [0.15, 0.2) is 67.0 Å². The molecule has 34 heavy (non-hydrogen) atoms. The van der Waals surface area contributed by atoms with E-state index in [-0.39, 0.29) is 22.2 Å². The van der Waals surface area contributed by atoms with Crippen LogP contribution in [0.4, 0.5) is 11.4 Å². The number of nitrogens with one attached hydrogen (secondary N) is 1. The Morgan fingerprint density at radius 2 is 1.91 bits per heavy atom. The summed E-state index contributed by atoms with van der Waals surface area (Å²) >= 11 is 6.38. The number of carbonyl (C=O) groups is 1. The quantitative estimate of drug-likeness (QED) is 0.430. The second-order valence-electron chi connectivity index (χ2n) is 8.12. The van der Waals surface area contributed by atoms with Gasteiger partial charge in [0.25, 0.3) is 5.91 Å². The van der Waals surface area contributed by atoms with E-state index in [1.165, 1.54) is 10.4 Å². The van der Waals surface area contributed by atoms with Gasteiger partial charge in [0, 0.05) is 35.6 Å². The molecule has 1 aliphatic heterocycles. The number of aromatic nitrogens is 2. The number of hydrogen-bond donors (Lipinski definition) is 1. The van der Waals surface area contributed by atoms with E-state index in [0.717, 1.165) is 27.7 Å². The number of aryl methyl sites for hydroxylation is 1. The molecule has 1 fully saturated rings. The largest absolute Gasteiger partial charge is 0.322 e. The monoisotopic (exact) mass is 492 g/mol. The Morgan fingerprint density at radius 1 is 1.06 bits per heavy atom. The van der Waals surface area contributed by atoms with E-state index in [1.54, 1.807) is 24.5 Å². The molecule has 7 nitrogen and oxygen atoms in total. The molecule has 1 aliphatic rings. The van der Waals surface area contributed by atoms with E-state index in [9.17, 15) is 13.2 Å². The molecule has 3 heterocycles. The van der Waals surface area contributed by atoms with Crippen LogP contribution in [0.5, 0.6) is 0 Å². The molecule has 0 saturated carbocycles. The number of rotatable bonds is 4. The van der Waals surface area contributed by atoms with Gasteiger partial charge in [0.05, 0.1) is 33.2 Å². The van der Waals surface area contributed by atoms with E-state index >= 15 is 0 Å². The third-order valence-electron chi connectivity index (χ3n) is 5.86. The van der Waals surface area contributed by atoms with Crippen molar-refractivity contribution in [1.82, 2.24) is 9.97 Å². The number of hydrogen-bond acceptors (Lipinski definition) is 5. The molecule has 2 aromatic heterocycles. The SMILES string of the molecule is Cc1ccc(NC(=O)c2ccc(N3CCCS3(=O)=O)cc2Cl)cc1-c1nccc2ncccc12. The Labute approximate surface area is 202 Å². The summed E-state index contributed by atoms with van der Waals surface area (Å²) in [5.74, 6) is -0.271. The highest BCUT2D eigenvalue weighted by Gasteiger charge is 2.29. The van der Waals surface area contributed by atoms with Crippen LogP contribution in [0.25, 0.3) is 22.2 Å². The first-order valence-electron chi connectivity index (χ1n) is 10.8. The summed E-state index contributed by atoms with van der Waals surface area (Å²) < 4.78 is 25.7. The van der Waals surface area contributed by atoms with E-state index in [2.05, 4.69) is 15.3 Å². The summed E-state index contributed by atoms with van der Waals surface area (Å²) in [6.45, 7) is 2.40. The summed E-state index contributed by atoms with van der Waals surface area (Å²) in [5, 5.41) is 4.00. The molecule has 9 heteroatoms. The number of halogens is 1. The highest BCUT2D eigenvalue weighted by atomic mass is 35.5. The number of benzene rings is 2. The van der Waals surface area contributed by atoms with Gasteiger partial charge in [-0.1, -0.05) is 17.7 Å². The lowest BCUT2D eigenvalue weighted by Gasteiger charge is -2.18. The van der Waals surface area contributed by atoms with Crippen molar-refractivity contribution < 1.29 is 13.2 Å². The van der Waals surface area contributed by atoms with Crippen molar-refractivity contribution in [3.8, 4) is 11.3 Å². The summed E-state index contributed by atoms with van der Waals surface area (Å²) in [6.07, 6.45) is 4.03. The molecule has 1 amide bonds. The van der Waals surface area contributed by atoms with Crippen LogP contribution in [0.2, 0.25) is 5.02 Å². The van der Waals surface area contributed by atoms with E-state index in [1.807, 2.05) is 43.3 Å². The van der Waals surface area contributed by atoms with Crippen LogP contribution in [-0.2, 0) is 10.0 Å². The van der Waals surface area contributed by atoms with Gasteiger partial charge in [0.2, 0.25) is 10.0 Å². The maximum atomic E-state index is 13.0. The Hall–Kier alpha value is -3.49. The molecule has 172 valence electrons. The third kappa shape index (κ3) is 4.10. The van der Waals surface area contributed by atoms with Crippen LogP contribution in [0.3, 0.4) is 0 Å². The number of amides is 1. The molecule has 0 unspecified atom stereocenters. The zero-order chi connectivity index (χ0) is 23.9. The van der Waals surface area contributed by atoms with Crippen molar-refractivity contribution in [2.45, 2.75) is 13.3 Å². The second-order valence-corrected chi connectivity index (χ2v) is 10.5. The van der Waals surface area contributed by atoms with Gasteiger partial charge in [-0.2, -0.15) is 0 Å². The molecule has 0 aliphatic carbocycles. The zero-order valence-electron chi connectivity index (χ0n) is 18.3. The van der Waals surface area contributed by atoms with Gasteiger partial charge in [-0.05, 0) is 67.4 Å². The Bertz CT molecular complexity index is 1530. The molecular formula is C25H21ClN4O3S. The molecule has 4 aromatic rings. The summed E-state index contributed by atoms with van der Waals surface area (Å²) in [6, 6.07) is 16.0. The summed E-state index contributed by atoms with van der Waals surface area (Å²) in [5.41, 5.74) is 4.84. The average Bonchev–Trinajstić information content (AvgIpc) is 3.18. The smallest absolute Gasteiger partial charge is 0.257 e. The predicted molar refractivity (Wildman–Crippen MR) is 135 cm³/mol. The zero-order valence-corrected chi connectivity index (χ0v) is 19.9. The summed E-state index contributed by atoms with van der Waals surface area (Å²) in [4.78, 5) is 21.9. The van der Waals surface area contributed by atoms with Gasteiger partial charge in [0.15, 0.2) is 0 Å². The fourth-order valence-corrected chi connectivity index (χ4v) is 5.96. The number of carbonyl (C=O) groups excluding carboxylic acids is 1. The Morgan fingerprint density at radius 3 is 2.68 bits per heavy atom. The van der Waals surface area contributed by atoms with E-state index < -0.39 is 10.0 Å². The lowest BCUT2D eigenvalue weighted by molar-refractivity contribution is 0.102. The fraction of sp³-hybridized carbons (Fsp3) is 0.160. The van der Waals surface area contributed by atoms with Crippen LogP contribution in [-0.4, -0.2) is 36.6 Å². The first-order chi connectivity index (χ1) is 16.3. The Balaban J connectivity index is 1.44.